The molecule has 8 heavy (non-hydrogen) atoms. The summed E-state index contributed by atoms with van der Waals surface area (Å²) in [6.07, 6.45) is 3.11. The first-order valence-electron chi connectivity index (χ1n) is 3.05. The van der Waals surface area contributed by atoms with Gasteiger partial charge in [0.05, 0.1) is 6.10 Å². The fraction of sp³-hybridized carbons (Fsp3) is 1.00. The van der Waals surface area contributed by atoms with Gasteiger partial charge in [-0.3, -0.25) is 0 Å². The number of alkyl halides is 1. The van der Waals surface area contributed by atoms with E-state index < -0.39 is 0 Å². The Labute approximate surface area is 59.2 Å². The lowest BCUT2D eigenvalue weighted by atomic mass is 10.2. The first-order chi connectivity index (χ1) is 3.81. The lowest BCUT2D eigenvalue weighted by molar-refractivity contribution is 0.187. The van der Waals surface area contributed by atoms with Crippen molar-refractivity contribution in [2.24, 2.45) is 0 Å². The van der Waals surface area contributed by atoms with Crippen LogP contribution in [0.25, 0.3) is 0 Å². The highest BCUT2D eigenvalue weighted by molar-refractivity contribution is 9.09. The molecule has 0 aromatic heterocycles. The molecule has 1 nitrogen and oxygen atoms in total. The van der Waals surface area contributed by atoms with Crippen molar-refractivity contribution >= 4 is 15.9 Å². The number of aliphatic hydroxyl groups is 1. The average molecular weight is 181 g/mol. The first kappa shape index (κ1) is 8.44. The topological polar surface area (TPSA) is 20.2 Å². The van der Waals surface area contributed by atoms with Crippen LogP contribution in [0.4, 0.5) is 0 Å². The Morgan fingerprint density at radius 1 is 1.62 bits per heavy atom. The van der Waals surface area contributed by atoms with Crippen molar-refractivity contribution in [2.75, 3.05) is 5.33 Å². The normalized spacial score (nSPS) is 13.9. The molecule has 0 radical (unpaired) electrons. The van der Waals surface area contributed by atoms with Crippen LogP contribution in [-0.2, 0) is 0 Å². The standard InChI is InChI=1S/C6H13BrO/c1-2-3-4-6(8)5-7/h6,8H,2-5H2,1H3. The third kappa shape index (κ3) is 4.60. The van der Waals surface area contributed by atoms with Crippen molar-refractivity contribution in [2.45, 2.75) is 32.3 Å². The predicted octanol–water partition coefficient (Wildman–Crippen LogP) is 1.93. The van der Waals surface area contributed by atoms with Crippen molar-refractivity contribution < 1.29 is 5.11 Å². The molecule has 1 unspecified atom stereocenters. The molecule has 0 heterocycles. The molecule has 0 aliphatic carbocycles. The SMILES string of the molecule is CCCCC(O)CBr. The summed E-state index contributed by atoms with van der Waals surface area (Å²) in [5.41, 5.74) is 0. The third-order valence-electron chi connectivity index (χ3n) is 1.07. The number of halogens is 1. The zero-order chi connectivity index (χ0) is 6.41. The van der Waals surface area contributed by atoms with E-state index in [0.29, 0.717) is 5.33 Å². The largest absolute Gasteiger partial charge is 0.392 e. The number of aliphatic hydroxyl groups excluding tert-OH is 1. The molecule has 0 saturated carbocycles. The van der Waals surface area contributed by atoms with E-state index in [9.17, 15) is 0 Å². The smallest absolute Gasteiger partial charge is 0.0637 e. The van der Waals surface area contributed by atoms with Gasteiger partial charge in [-0.25, -0.2) is 0 Å². The van der Waals surface area contributed by atoms with E-state index in [1.807, 2.05) is 0 Å². The van der Waals surface area contributed by atoms with E-state index in [1.54, 1.807) is 0 Å². The molecule has 2 heteroatoms. The van der Waals surface area contributed by atoms with Crippen LogP contribution in [0, 0.1) is 0 Å². The van der Waals surface area contributed by atoms with Gasteiger partial charge in [-0.05, 0) is 6.42 Å². The second-order valence-corrected chi connectivity index (χ2v) is 2.60. The van der Waals surface area contributed by atoms with Gasteiger partial charge in [-0.2, -0.15) is 0 Å². The second kappa shape index (κ2) is 5.57. The second-order valence-electron chi connectivity index (χ2n) is 1.95. The first-order valence-corrected chi connectivity index (χ1v) is 4.17. The number of hydrogen-bond acceptors (Lipinski definition) is 1. The van der Waals surface area contributed by atoms with Crippen LogP contribution < -0.4 is 0 Å². The number of hydrogen-bond donors (Lipinski definition) is 1. The van der Waals surface area contributed by atoms with E-state index in [-0.39, 0.29) is 6.10 Å². The Balaban J connectivity index is 2.86. The highest BCUT2D eigenvalue weighted by Crippen LogP contribution is 2.01. The van der Waals surface area contributed by atoms with Crippen LogP contribution in [-0.4, -0.2) is 16.5 Å². The molecule has 0 spiro atoms. The van der Waals surface area contributed by atoms with Crippen molar-refractivity contribution in [3.63, 3.8) is 0 Å². The maximum absolute atomic E-state index is 8.94. The fourth-order valence-corrected chi connectivity index (χ4v) is 0.841. The zero-order valence-electron chi connectivity index (χ0n) is 5.23. The summed E-state index contributed by atoms with van der Waals surface area (Å²) < 4.78 is 0. The molecule has 0 rings (SSSR count). The summed E-state index contributed by atoms with van der Waals surface area (Å²) in [6.45, 7) is 2.13. The summed E-state index contributed by atoms with van der Waals surface area (Å²) in [4.78, 5) is 0. The maximum atomic E-state index is 8.94. The highest BCUT2D eigenvalue weighted by atomic mass is 79.9. The van der Waals surface area contributed by atoms with Crippen molar-refractivity contribution in [1.29, 1.82) is 0 Å². The fourth-order valence-electron chi connectivity index (χ4n) is 0.517. The Morgan fingerprint density at radius 2 is 2.25 bits per heavy atom. The summed E-state index contributed by atoms with van der Waals surface area (Å²) >= 11 is 3.19. The van der Waals surface area contributed by atoms with Gasteiger partial charge in [0.2, 0.25) is 0 Å². The van der Waals surface area contributed by atoms with Gasteiger partial charge in [0.25, 0.3) is 0 Å². The quantitative estimate of drug-likeness (QED) is 0.657. The molecule has 0 saturated heterocycles. The third-order valence-corrected chi connectivity index (χ3v) is 1.82. The Morgan fingerprint density at radius 3 is 2.62 bits per heavy atom. The molecule has 0 amide bonds. The lowest BCUT2D eigenvalue weighted by Gasteiger charge is -2.02. The zero-order valence-corrected chi connectivity index (χ0v) is 6.82. The van der Waals surface area contributed by atoms with Crippen LogP contribution >= 0.6 is 15.9 Å². The molecular weight excluding hydrogens is 168 g/mol. The number of rotatable bonds is 4. The van der Waals surface area contributed by atoms with Gasteiger partial charge in [-0.15, -0.1) is 0 Å². The lowest BCUT2D eigenvalue weighted by Crippen LogP contribution is -2.06. The van der Waals surface area contributed by atoms with E-state index in [1.165, 1.54) is 6.42 Å². The molecule has 0 aromatic rings. The monoisotopic (exact) mass is 180 g/mol. The summed E-state index contributed by atoms with van der Waals surface area (Å²) in [6, 6.07) is 0. The van der Waals surface area contributed by atoms with Gasteiger partial charge in [0, 0.05) is 5.33 Å². The molecule has 0 aliphatic heterocycles. The minimum absolute atomic E-state index is 0.130. The van der Waals surface area contributed by atoms with Gasteiger partial charge in [0.1, 0.15) is 0 Å². The van der Waals surface area contributed by atoms with E-state index in [2.05, 4.69) is 22.9 Å². The van der Waals surface area contributed by atoms with Crippen LogP contribution in [0.5, 0.6) is 0 Å². The molecular formula is C6H13BrO. The molecule has 1 N–H and O–H groups in total. The van der Waals surface area contributed by atoms with Crippen LogP contribution in [0.3, 0.4) is 0 Å². The Bertz CT molecular complexity index is 47.8. The molecule has 0 fully saturated rings. The average Bonchev–Trinajstić information content (AvgIpc) is 1.83. The van der Waals surface area contributed by atoms with Crippen molar-refractivity contribution in [3.8, 4) is 0 Å². The van der Waals surface area contributed by atoms with Crippen LogP contribution in [0.1, 0.15) is 26.2 Å². The molecule has 0 bridgehead atoms. The summed E-state index contributed by atoms with van der Waals surface area (Å²) in [5, 5.41) is 9.66. The summed E-state index contributed by atoms with van der Waals surface area (Å²) in [7, 11) is 0. The highest BCUT2D eigenvalue weighted by Gasteiger charge is 1.97. The van der Waals surface area contributed by atoms with Gasteiger partial charge >= 0.3 is 0 Å². The minimum atomic E-state index is -0.130. The number of unbranched alkanes of at least 4 members (excludes halogenated alkanes) is 1. The van der Waals surface area contributed by atoms with Gasteiger partial charge in [-0.1, -0.05) is 35.7 Å². The summed E-state index contributed by atoms with van der Waals surface area (Å²) in [5.74, 6) is 0. The maximum Gasteiger partial charge on any atom is 0.0637 e. The Hall–Kier alpha value is 0.440. The predicted molar refractivity (Wildman–Crippen MR) is 39.3 cm³/mol. The Kier molecular flexibility index (Phi) is 5.88. The molecule has 50 valence electrons. The molecule has 0 aromatic carbocycles. The van der Waals surface area contributed by atoms with Crippen LogP contribution in [0.2, 0.25) is 0 Å². The van der Waals surface area contributed by atoms with Crippen molar-refractivity contribution in [1.82, 2.24) is 0 Å². The van der Waals surface area contributed by atoms with E-state index in [4.69, 9.17) is 5.11 Å². The molecule has 0 aliphatic rings. The van der Waals surface area contributed by atoms with Gasteiger partial charge in [0.15, 0.2) is 0 Å². The van der Waals surface area contributed by atoms with Crippen molar-refractivity contribution in [3.05, 3.63) is 0 Å². The van der Waals surface area contributed by atoms with E-state index >= 15 is 0 Å². The van der Waals surface area contributed by atoms with Crippen LogP contribution in [0.15, 0.2) is 0 Å². The molecule has 1 atom stereocenters. The van der Waals surface area contributed by atoms with Gasteiger partial charge < -0.3 is 5.11 Å². The minimum Gasteiger partial charge on any atom is -0.392 e. The van der Waals surface area contributed by atoms with E-state index in [0.717, 1.165) is 12.8 Å².